The molecule has 1 rings (SSSR count). The fourth-order valence-electron chi connectivity index (χ4n) is 1.02. The van der Waals surface area contributed by atoms with Gasteiger partial charge < -0.3 is 9.26 Å². The molecule has 72 valence electrons. The maximum atomic E-state index is 11.0. The zero-order chi connectivity index (χ0) is 9.03. The first kappa shape index (κ1) is 10.2. The molecule has 0 spiro atoms. The van der Waals surface area contributed by atoms with Crippen molar-refractivity contribution in [2.45, 2.75) is 18.9 Å². The molecule has 12 heavy (non-hydrogen) atoms. The Balaban J connectivity index is 2.20. The lowest BCUT2D eigenvalue weighted by molar-refractivity contribution is 0.0617. The molecule has 0 aliphatic carbocycles. The van der Waals surface area contributed by atoms with Crippen molar-refractivity contribution in [2.75, 3.05) is 20.3 Å². The van der Waals surface area contributed by atoms with E-state index in [0.29, 0.717) is 0 Å². The van der Waals surface area contributed by atoms with Crippen LogP contribution in [0.15, 0.2) is 0 Å². The van der Waals surface area contributed by atoms with E-state index in [0.717, 1.165) is 19.4 Å². The van der Waals surface area contributed by atoms with Crippen LogP contribution in [0.25, 0.3) is 0 Å². The first-order valence-corrected chi connectivity index (χ1v) is 5.46. The summed E-state index contributed by atoms with van der Waals surface area (Å²) in [5.41, 5.74) is 5.15. The van der Waals surface area contributed by atoms with Crippen LogP contribution < -0.4 is 5.50 Å². The molecule has 0 aromatic rings. The third-order valence-corrected chi connectivity index (χ3v) is 2.74. The summed E-state index contributed by atoms with van der Waals surface area (Å²) in [4.78, 5) is 0. The first-order valence-electron chi connectivity index (χ1n) is 3.84. The molecule has 1 aliphatic heterocycles. The van der Waals surface area contributed by atoms with Gasteiger partial charge in [-0.05, 0) is 12.8 Å². The Morgan fingerprint density at radius 3 is 3.00 bits per heavy atom. The van der Waals surface area contributed by atoms with Crippen molar-refractivity contribution in [3.63, 3.8) is 0 Å². The summed E-state index contributed by atoms with van der Waals surface area (Å²) in [6.07, 6.45) is 1.98. The fraction of sp³-hybridized carbons (Fsp3) is 1.00. The zero-order valence-electron chi connectivity index (χ0n) is 7.06. The Labute approximate surface area is 71.8 Å². The predicted molar refractivity (Wildman–Crippen MR) is 43.7 cm³/mol. The third kappa shape index (κ3) is 3.21. The van der Waals surface area contributed by atoms with Crippen LogP contribution in [0.5, 0.6) is 0 Å². The lowest BCUT2D eigenvalue weighted by Crippen LogP contribution is -2.15. The van der Waals surface area contributed by atoms with Crippen LogP contribution in [0.3, 0.4) is 0 Å². The Morgan fingerprint density at radius 2 is 2.50 bits per heavy atom. The molecule has 6 heteroatoms. The number of nitrogens with two attached hydrogens (primary N) is 1. The second kappa shape index (κ2) is 4.35. The molecule has 0 radical (unpaired) electrons. The van der Waals surface area contributed by atoms with E-state index in [9.17, 15) is 4.57 Å². The van der Waals surface area contributed by atoms with E-state index in [-0.39, 0.29) is 12.7 Å². The quantitative estimate of drug-likeness (QED) is 0.674. The van der Waals surface area contributed by atoms with Crippen molar-refractivity contribution in [1.82, 2.24) is 0 Å². The highest BCUT2D eigenvalue weighted by atomic mass is 31.2. The Hall–Kier alpha value is 0.0700. The van der Waals surface area contributed by atoms with Gasteiger partial charge >= 0.3 is 7.75 Å². The molecule has 0 aromatic heterocycles. The van der Waals surface area contributed by atoms with Crippen LogP contribution in [-0.4, -0.2) is 26.4 Å². The van der Waals surface area contributed by atoms with Crippen molar-refractivity contribution in [2.24, 2.45) is 5.50 Å². The molecular formula is C6H14NO4P. The van der Waals surface area contributed by atoms with Gasteiger partial charge in [0.05, 0.1) is 12.7 Å². The highest BCUT2D eigenvalue weighted by Crippen LogP contribution is 2.38. The smallest absolute Gasteiger partial charge is 0.376 e. The summed E-state index contributed by atoms with van der Waals surface area (Å²) >= 11 is 0. The minimum absolute atomic E-state index is 0.0250. The maximum absolute atomic E-state index is 11.0. The second-order valence-corrected chi connectivity index (χ2v) is 4.36. The van der Waals surface area contributed by atoms with E-state index in [2.05, 4.69) is 4.52 Å². The third-order valence-electron chi connectivity index (χ3n) is 1.72. The van der Waals surface area contributed by atoms with Crippen molar-refractivity contribution in [3.05, 3.63) is 0 Å². The van der Waals surface area contributed by atoms with E-state index in [1.54, 1.807) is 0 Å². The average molecular weight is 195 g/mol. The second-order valence-electron chi connectivity index (χ2n) is 2.65. The average Bonchev–Trinajstić information content (AvgIpc) is 2.53. The molecule has 0 aromatic carbocycles. The Kier molecular flexibility index (Phi) is 3.68. The van der Waals surface area contributed by atoms with Crippen molar-refractivity contribution in [1.29, 1.82) is 0 Å². The molecular weight excluding hydrogens is 181 g/mol. The van der Waals surface area contributed by atoms with E-state index >= 15 is 0 Å². The molecule has 0 amide bonds. The first-order chi connectivity index (χ1) is 5.64. The van der Waals surface area contributed by atoms with E-state index in [1.807, 2.05) is 0 Å². The highest BCUT2D eigenvalue weighted by molar-refractivity contribution is 7.51. The molecule has 1 unspecified atom stereocenters. The molecule has 1 fully saturated rings. The van der Waals surface area contributed by atoms with Gasteiger partial charge in [-0.3, -0.25) is 4.52 Å². The van der Waals surface area contributed by atoms with Gasteiger partial charge in [0.2, 0.25) is 0 Å². The standard InChI is InChI=1S/C6H14NO4P/c1-9-12(7,8)11-5-6-3-2-4-10-6/h6H,2-5H2,1H3,(H2,7,8)/t6-,12?/m0/s1. The fourth-order valence-corrected chi connectivity index (χ4v) is 1.49. The van der Waals surface area contributed by atoms with Crippen molar-refractivity contribution < 1.29 is 18.3 Å². The number of hydrogen-bond donors (Lipinski definition) is 1. The Morgan fingerprint density at radius 1 is 1.75 bits per heavy atom. The number of ether oxygens (including phenoxy) is 1. The normalized spacial score (nSPS) is 28.7. The Bertz CT molecular complexity index is 180. The van der Waals surface area contributed by atoms with Gasteiger partial charge in [-0.2, -0.15) is 0 Å². The SMILES string of the molecule is COP(N)(=O)OC[C@@H]1CCCO1. The lowest BCUT2D eigenvalue weighted by Gasteiger charge is -2.13. The molecule has 5 nitrogen and oxygen atoms in total. The molecule has 0 bridgehead atoms. The van der Waals surface area contributed by atoms with E-state index < -0.39 is 7.75 Å². The van der Waals surface area contributed by atoms with E-state index in [1.165, 1.54) is 7.11 Å². The summed E-state index contributed by atoms with van der Waals surface area (Å²) in [6.45, 7) is 0.998. The zero-order valence-corrected chi connectivity index (χ0v) is 7.96. The van der Waals surface area contributed by atoms with Crippen molar-refractivity contribution >= 4 is 7.75 Å². The van der Waals surface area contributed by atoms with Gasteiger partial charge in [0.25, 0.3) is 0 Å². The molecule has 2 atom stereocenters. The molecule has 0 saturated carbocycles. The van der Waals surface area contributed by atoms with Crippen LogP contribution in [0.4, 0.5) is 0 Å². The summed E-state index contributed by atoms with van der Waals surface area (Å²) in [7, 11) is -2.05. The van der Waals surface area contributed by atoms with Gasteiger partial charge in [0.15, 0.2) is 0 Å². The van der Waals surface area contributed by atoms with Crippen LogP contribution in [0.1, 0.15) is 12.8 Å². The van der Waals surface area contributed by atoms with Crippen LogP contribution in [0.2, 0.25) is 0 Å². The van der Waals surface area contributed by atoms with Gasteiger partial charge in [0.1, 0.15) is 0 Å². The lowest BCUT2D eigenvalue weighted by atomic mass is 10.2. The topological polar surface area (TPSA) is 70.8 Å². The maximum Gasteiger partial charge on any atom is 0.402 e. The van der Waals surface area contributed by atoms with Crippen LogP contribution in [0, 0.1) is 0 Å². The largest absolute Gasteiger partial charge is 0.402 e. The number of rotatable bonds is 4. The summed E-state index contributed by atoms with van der Waals surface area (Å²) in [5.74, 6) is 0. The summed E-state index contributed by atoms with van der Waals surface area (Å²) in [5, 5.41) is 0. The molecule has 1 aliphatic rings. The molecule has 1 saturated heterocycles. The molecule has 1 heterocycles. The van der Waals surface area contributed by atoms with E-state index in [4.69, 9.17) is 14.8 Å². The summed E-state index contributed by atoms with van der Waals surface area (Å²) < 4.78 is 25.6. The van der Waals surface area contributed by atoms with Gasteiger partial charge in [-0.15, -0.1) is 0 Å². The molecule has 2 N–H and O–H groups in total. The minimum atomic E-state index is -3.31. The van der Waals surface area contributed by atoms with Crippen LogP contribution in [-0.2, 0) is 18.3 Å². The summed E-state index contributed by atoms with van der Waals surface area (Å²) in [6, 6.07) is 0. The predicted octanol–water partition coefficient (Wildman–Crippen LogP) is 0.895. The monoisotopic (exact) mass is 195 g/mol. The highest BCUT2D eigenvalue weighted by Gasteiger charge is 2.21. The van der Waals surface area contributed by atoms with Gasteiger partial charge in [0, 0.05) is 13.7 Å². The van der Waals surface area contributed by atoms with Crippen LogP contribution >= 0.6 is 7.75 Å². The van der Waals surface area contributed by atoms with Gasteiger partial charge in [-0.25, -0.2) is 10.1 Å². The van der Waals surface area contributed by atoms with Crippen molar-refractivity contribution in [3.8, 4) is 0 Å². The minimum Gasteiger partial charge on any atom is -0.376 e. The number of hydrogen-bond acceptors (Lipinski definition) is 4. The van der Waals surface area contributed by atoms with Gasteiger partial charge in [-0.1, -0.05) is 0 Å².